The van der Waals surface area contributed by atoms with E-state index in [0.717, 1.165) is 0 Å². The van der Waals surface area contributed by atoms with E-state index in [1.807, 2.05) is 25.4 Å². The Hall–Kier alpha value is -1.35. The van der Waals surface area contributed by atoms with E-state index in [0.29, 0.717) is 5.69 Å². The monoisotopic (exact) mass is 264 g/mol. The maximum atomic E-state index is 9.87. The van der Waals surface area contributed by atoms with Gasteiger partial charge in [0, 0.05) is 12.1 Å². The molecular weight excluding hydrogens is 257 g/mol. The fourth-order valence-electron chi connectivity index (χ4n) is 0.639. The number of nitriles is 1. The Kier molecular flexibility index (Phi) is 3.29. The molecule has 2 nitrogen and oxygen atoms in total. The van der Waals surface area contributed by atoms with Gasteiger partial charge in [-0.15, -0.1) is 0 Å². The van der Waals surface area contributed by atoms with Gasteiger partial charge in [0.1, 0.15) is 7.05 Å². The van der Waals surface area contributed by atoms with Crippen molar-refractivity contribution in [3.05, 3.63) is 30.1 Å². The van der Waals surface area contributed by atoms with E-state index in [1.165, 1.54) is 0 Å². The van der Waals surface area contributed by atoms with Crippen molar-refractivity contribution in [2.75, 3.05) is 0 Å². The Morgan fingerprint density at radius 2 is 1.56 bits per heavy atom. The van der Waals surface area contributed by atoms with Gasteiger partial charge < -0.3 is 0 Å². The predicted octanol–water partition coefficient (Wildman–Crippen LogP) is 3.77. The van der Waals surface area contributed by atoms with Crippen molar-refractivity contribution >= 4 is 7.81 Å². The second-order valence-electron chi connectivity index (χ2n) is 2.77. The van der Waals surface area contributed by atoms with Crippen molar-refractivity contribution in [2.24, 2.45) is 7.05 Å². The third kappa shape index (κ3) is 12.7. The van der Waals surface area contributed by atoms with E-state index in [4.69, 9.17) is 5.26 Å². The molecule has 0 spiro atoms. The van der Waals surface area contributed by atoms with Crippen molar-refractivity contribution in [3.63, 3.8) is 0 Å². The molecule has 0 fully saturated rings. The summed E-state index contributed by atoms with van der Waals surface area (Å²) in [7, 11) is -8.81. The van der Waals surface area contributed by atoms with Crippen molar-refractivity contribution in [2.45, 2.75) is 0 Å². The van der Waals surface area contributed by atoms with Crippen LogP contribution in [-0.4, -0.2) is 0 Å². The molecule has 0 bridgehead atoms. The zero-order chi connectivity index (χ0) is 13.1. The first kappa shape index (κ1) is 14.7. The van der Waals surface area contributed by atoms with Gasteiger partial charge in [-0.25, -0.2) is 0 Å². The molecule has 0 aliphatic heterocycles. The Morgan fingerprint density at radius 1 is 1.12 bits per heavy atom. The number of aryl methyl sites for hydroxylation is 1. The van der Waals surface area contributed by atoms with Crippen LogP contribution in [0, 0.1) is 11.3 Å². The molecule has 0 unspecified atom stereocenters. The Labute approximate surface area is 87.0 Å². The molecule has 1 aromatic heterocycles. The van der Waals surface area contributed by atoms with Crippen LogP contribution < -0.4 is 4.57 Å². The molecular formula is C7H7F6N2P. The second kappa shape index (κ2) is 3.59. The molecule has 0 saturated carbocycles. The molecule has 1 heterocycles. The average molecular weight is 264 g/mol. The first-order valence-electron chi connectivity index (χ1n) is 3.71. The fourth-order valence-corrected chi connectivity index (χ4v) is 0.639. The molecule has 0 atom stereocenters. The number of nitrogens with zero attached hydrogens (tertiary/aromatic N) is 2. The van der Waals surface area contributed by atoms with Gasteiger partial charge in [-0.1, -0.05) is 0 Å². The number of halogens is 6. The topological polar surface area (TPSA) is 27.7 Å². The Morgan fingerprint density at radius 3 is 1.81 bits per heavy atom. The number of pyridine rings is 1. The average Bonchev–Trinajstić information content (AvgIpc) is 1.99. The van der Waals surface area contributed by atoms with E-state index >= 15 is 0 Å². The molecule has 0 N–H and O–H groups in total. The molecule has 0 aliphatic rings. The molecule has 1 aromatic rings. The van der Waals surface area contributed by atoms with E-state index in [1.54, 1.807) is 10.6 Å². The van der Waals surface area contributed by atoms with Crippen molar-refractivity contribution < 1.29 is 29.7 Å². The van der Waals surface area contributed by atoms with Crippen LogP contribution in [0.1, 0.15) is 5.69 Å². The molecule has 0 amide bonds. The van der Waals surface area contributed by atoms with Crippen molar-refractivity contribution in [1.82, 2.24) is 0 Å². The Bertz CT molecular complexity index is 406. The van der Waals surface area contributed by atoms with Crippen LogP contribution in [0.4, 0.5) is 25.2 Å². The van der Waals surface area contributed by atoms with Crippen LogP contribution >= 0.6 is 7.81 Å². The molecule has 0 radical (unpaired) electrons. The van der Waals surface area contributed by atoms with Crippen LogP contribution in [-0.2, 0) is 7.05 Å². The SMILES string of the molecule is C[n+]1ccccc1C#N.F[P-](F)(F)(F)(F)F. The van der Waals surface area contributed by atoms with Crippen LogP contribution in [0.3, 0.4) is 0 Å². The van der Waals surface area contributed by atoms with Gasteiger partial charge in [0.15, 0.2) is 12.3 Å². The summed E-state index contributed by atoms with van der Waals surface area (Å²) < 4.78 is 61.0. The molecule has 0 aliphatic carbocycles. The number of hydrogen-bond donors (Lipinski definition) is 0. The van der Waals surface area contributed by atoms with Crippen molar-refractivity contribution in [3.8, 4) is 6.07 Å². The second-order valence-corrected chi connectivity index (χ2v) is 4.68. The normalized spacial score (nSPS) is 14.9. The number of hydrogen-bond acceptors (Lipinski definition) is 1. The van der Waals surface area contributed by atoms with Crippen LogP contribution in [0.25, 0.3) is 0 Å². The van der Waals surface area contributed by atoms with Crippen LogP contribution in [0.2, 0.25) is 0 Å². The minimum absolute atomic E-state index is 0.678. The molecule has 0 saturated heterocycles. The Balaban J connectivity index is 0.000000293. The van der Waals surface area contributed by atoms with Gasteiger partial charge >= 0.3 is 33.0 Å². The molecule has 16 heavy (non-hydrogen) atoms. The summed E-state index contributed by atoms with van der Waals surface area (Å²) in [6.45, 7) is 0. The summed E-state index contributed by atoms with van der Waals surface area (Å²) >= 11 is 0. The van der Waals surface area contributed by atoms with E-state index in [-0.39, 0.29) is 0 Å². The van der Waals surface area contributed by atoms with E-state index in [2.05, 4.69) is 6.07 Å². The van der Waals surface area contributed by atoms with Gasteiger partial charge in [0.05, 0.1) is 0 Å². The molecule has 0 aromatic carbocycles. The fraction of sp³-hybridized carbons (Fsp3) is 0.143. The first-order valence-corrected chi connectivity index (χ1v) is 5.73. The third-order valence-corrected chi connectivity index (χ3v) is 1.17. The van der Waals surface area contributed by atoms with Gasteiger partial charge in [-0.2, -0.15) is 9.83 Å². The molecule has 9 heteroatoms. The zero-order valence-corrected chi connectivity index (χ0v) is 8.81. The van der Waals surface area contributed by atoms with Gasteiger partial charge in [0.2, 0.25) is 0 Å². The van der Waals surface area contributed by atoms with E-state index in [9.17, 15) is 25.2 Å². The summed E-state index contributed by atoms with van der Waals surface area (Å²) in [5.74, 6) is 0. The summed E-state index contributed by atoms with van der Waals surface area (Å²) in [5, 5.41) is 8.45. The van der Waals surface area contributed by atoms with Crippen molar-refractivity contribution in [1.29, 1.82) is 5.26 Å². The molecule has 1 rings (SSSR count). The van der Waals surface area contributed by atoms with Gasteiger partial charge in [0.25, 0.3) is 5.69 Å². The molecule has 92 valence electrons. The van der Waals surface area contributed by atoms with Crippen LogP contribution in [0.15, 0.2) is 24.4 Å². The minimum atomic E-state index is -10.7. The first-order chi connectivity index (χ1) is 6.79. The summed E-state index contributed by atoms with van der Waals surface area (Å²) in [6, 6.07) is 7.57. The summed E-state index contributed by atoms with van der Waals surface area (Å²) in [4.78, 5) is 0. The third-order valence-electron chi connectivity index (χ3n) is 1.17. The van der Waals surface area contributed by atoms with Gasteiger partial charge in [-0.05, 0) is 6.07 Å². The zero-order valence-electron chi connectivity index (χ0n) is 7.92. The van der Waals surface area contributed by atoms with E-state index < -0.39 is 7.81 Å². The van der Waals surface area contributed by atoms with Crippen LogP contribution in [0.5, 0.6) is 0 Å². The van der Waals surface area contributed by atoms with Gasteiger partial charge in [-0.3, -0.25) is 0 Å². The summed E-state index contributed by atoms with van der Waals surface area (Å²) in [5.41, 5.74) is 0.678. The number of aromatic nitrogens is 1. The maximum absolute atomic E-state index is 10.7. The predicted molar refractivity (Wildman–Crippen MR) is 45.9 cm³/mol. The number of rotatable bonds is 0. The quantitative estimate of drug-likeness (QED) is 0.398. The standard InChI is InChI=1S/C7H7N2.F6P/c1-9-5-3-2-4-7(9)6-8;1-7(2,3,4,5)6/h2-5H,1H3;/q+1;-1. The summed E-state index contributed by atoms with van der Waals surface area (Å²) in [6.07, 6.45) is 1.85.